The number of hydrazone groups is 1. The predicted octanol–water partition coefficient (Wildman–Crippen LogP) is 3.07. The highest BCUT2D eigenvalue weighted by Crippen LogP contribution is 2.37. The average Bonchev–Trinajstić information content (AvgIpc) is 3.50. The molecule has 170 valence electrons. The Kier molecular flexibility index (Phi) is 5.33. The molecule has 0 radical (unpaired) electrons. The fourth-order valence-electron chi connectivity index (χ4n) is 3.84. The molecule has 2 aliphatic heterocycles. The van der Waals surface area contributed by atoms with Crippen molar-refractivity contribution in [2.75, 3.05) is 6.79 Å². The zero-order chi connectivity index (χ0) is 23.1. The summed E-state index contributed by atoms with van der Waals surface area (Å²) < 4.78 is 11.1. The number of urea groups is 1. The number of nitro benzene ring substituents is 1. The maximum Gasteiger partial charge on any atom is 0.321 e. The van der Waals surface area contributed by atoms with E-state index in [-0.39, 0.29) is 35.7 Å². The van der Waals surface area contributed by atoms with Crippen LogP contribution in [0.5, 0.6) is 11.5 Å². The molecular weight excluding hydrogens is 446 g/mol. The molecule has 2 heterocycles. The molecule has 1 aliphatic carbocycles. The number of rotatable bonds is 3. The van der Waals surface area contributed by atoms with Crippen molar-refractivity contribution < 1.29 is 19.2 Å². The summed E-state index contributed by atoms with van der Waals surface area (Å²) >= 11 is 5.52. The van der Waals surface area contributed by atoms with Crippen LogP contribution in [0.4, 0.5) is 10.5 Å². The van der Waals surface area contributed by atoms with Gasteiger partial charge in [-0.05, 0) is 68.2 Å². The third kappa shape index (κ3) is 4.31. The number of nitrogens with one attached hydrogen (secondary N) is 2. The van der Waals surface area contributed by atoms with Gasteiger partial charge in [0.05, 0.1) is 16.7 Å². The van der Waals surface area contributed by atoms with Gasteiger partial charge in [0.2, 0.25) is 6.79 Å². The molecule has 0 bridgehead atoms. The van der Waals surface area contributed by atoms with Gasteiger partial charge in [-0.3, -0.25) is 15.4 Å². The van der Waals surface area contributed by atoms with E-state index in [9.17, 15) is 14.9 Å². The van der Waals surface area contributed by atoms with E-state index in [1.807, 2.05) is 19.1 Å². The molecule has 2 N–H and O–H groups in total. The molecule has 5 rings (SSSR count). The first-order valence-corrected chi connectivity index (χ1v) is 11.0. The standard InChI is InChI=1S/C22H21N5O5S/c1-12-8-14-9-18-19(32-11-31-18)10-17(14)20(13-2-6-16(7-3-13)27(29)30)25-26(12)22(33)24-21(28)23-15-4-5-15/h2-3,6-7,9-10,12,15H,4-5,8,11H2,1H3,(H2,23,24,28,33). The van der Waals surface area contributed by atoms with E-state index in [4.69, 9.17) is 26.8 Å². The predicted molar refractivity (Wildman–Crippen MR) is 124 cm³/mol. The van der Waals surface area contributed by atoms with Crippen LogP contribution in [0.2, 0.25) is 0 Å². The monoisotopic (exact) mass is 467 g/mol. The highest BCUT2D eigenvalue weighted by molar-refractivity contribution is 7.80. The van der Waals surface area contributed by atoms with Gasteiger partial charge in [0.25, 0.3) is 5.69 Å². The lowest BCUT2D eigenvalue weighted by Crippen LogP contribution is -2.48. The Balaban J connectivity index is 1.54. The minimum atomic E-state index is -0.448. The summed E-state index contributed by atoms with van der Waals surface area (Å²) in [7, 11) is 0. The molecular formula is C22H21N5O5S. The summed E-state index contributed by atoms with van der Waals surface area (Å²) in [5.41, 5.74) is 3.00. The molecule has 1 atom stereocenters. The summed E-state index contributed by atoms with van der Waals surface area (Å²) in [6.45, 7) is 2.11. The first kappa shape index (κ1) is 21.1. The lowest BCUT2D eigenvalue weighted by Gasteiger charge is -2.25. The topological polar surface area (TPSA) is 118 Å². The van der Waals surface area contributed by atoms with Crippen molar-refractivity contribution in [3.05, 3.63) is 63.2 Å². The molecule has 0 aromatic heterocycles. The average molecular weight is 468 g/mol. The smallest absolute Gasteiger partial charge is 0.321 e. The molecule has 2 amide bonds. The number of non-ortho nitro benzene ring substituents is 1. The van der Waals surface area contributed by atoms with E-state index in [1.54, 1.807) is 17.1 Å². The van der Waals surface area contributed by atoms with E-state index >= 15 is 0 Å². The molecule has 1 unspecified atom stereocenters. The van der Waals surface area contributed by atoms with Crippen LogP contribution in [0.15, 0.2) is 41.5 Å². The Bertz CT molecular complexity index is 1180. The van der Waals surface area contributed by atoms with Crippen LogP contribution in [-0.2, 0) is 6.42 Å². The third-order valence-corrected chi connectivity index (χ3v) is 5.98. The summed E-state index contributed by atoms with van der Waals surface area (Å²) in [5, 5.41) is 23.3. The number of amides is 2. The van der Waals surface area contributed by atoms with Crippen molar-refractivity contribution in [2.24, 2.45) is 5.10 Å². The third-order valence-electron chi connectivity index (χ3n) is 5.69. The van der Waals surface area contributed by atoms with Gasteiger partial charge in [-0.2, -0.15) is 5.10 Å². The van der Waals surface area contributed by atoms with Crippen LogP contribution in [0.3, 0.4) is 0 Å². The van der Waals surface area contributed by atoms with E-state index in [0.29, 0.717) is 29.2 Å². The number of benzene rings is 2. The number of fused-ring (bicyclic) bond motifs is 2. The number of ether oxygens (including phenoxy) is 2. The Morgan fingerprint density at radius 1 is 1.21 bits per heavy atom. The van der Waals surface area contributed by atoms with Crippen LogP contribution in [0.1, 0.15) is 36.5 Å². The zero-order valence-electron chi connectivity index (χ0n) is 17.7. The number of thiocarbonyl (C=S) groups is 1. The van der Waals surface area contributed by atoms with Gasteiger partial charge in [0.15, 0.2) is 16.6 Å². The Morgan fingerprint density at radius 3 is 2.58 bits per heavy atom. The summed E-state index contributed by atoms with van der Waals surface area (Å²) in [6.07, 6.45) is 2.51. The molecule has 1 fully saturated rings. The molecule has 2 aromatic carbocycles. The maximum absolute atomic E-state index is 12.3. The number of carbonyl (C=O) groups is 1. The second-order valence-electron chi connectivity index (χ2n) is 8.19. The highest BCUT2D eigenvalue weighted by atomic mass is 32.1. The first-order valence-electron chi connectivity index (χ1n) is 10.6. The molecule has 2 aromatic rings. The first-order chi connectivity index (χ1) is 15.9. The zero-order valence-corrected chi connectivity index (χ0v) is 18.6. The fourth-order valence-corrected chi connectivity index (χ4v) is 4.16. The molecule has 10 nitrogen and oxygen atoms in total. The summed E-state index contributed by atoms with van der Waals surface area (Å²) in [6, 6.07) is 9.62. The minimum Gasteiger partial charge on any atom is -0.454 e. The molecule has 11 heteroatoms. The summed E-state index contributed by atoms with van der Waals surface area (Å²) in [4.78, 5) is 22.9. The number of nitrogens with zero attached hydrogens (tertiary/aromatic N) is 3. The second kappa shape index (κ2) is 8.32. The van der Waals surface area contributed by atoms with Crippen LogP contribution in [0.25, 0.3) is 0 Å². The van der Waals surface area contributed by atoms with Crippen molar-refractivity contribution in [1.29, 1.82) is 0 Å². The molecule has 33 heavy (non-hydrogen) atoms. The fraction of sp³-hybridized carbons (Fsp3) is 0.318. The van der Waals surface area contributed by atoms with E-state index in [1.165, 1.54) is 12.1 Å². The Labute approximate surface area is 194 Å². The van der Waals surface area contributed by atoms with Crippen LogP contribution in [-0.4, -0.2) is 45.7 Å². The van der Waals surface area contributed by atoms with Crippen molar-refractivity contribution >= 4 is 34.8 Å². The minimum absolute atomic E-state index is 0.0157. The largest absolute Gasteiger partial charge is 0.454 e. The Morgan fingerprint density at radius 2 is 1.91 bits per heavy atom. The van der Waals surface area contributed by atoms with Crippen LogP contribution in [0, 0.1) is 10.1 Å². The number of carbonyl (C=O) groups excluding carboxylic acids is 1. The molecule has 0 saturated heterocycles. The van der Waals surface area contributed by atoms with Gasteiger partial charge in [0, 0.05) is 29.3 Å². The molecule has 3 aliphatic rings. The number of hydrogen-bond acceptors (Lipinski definition) is 7. The van der Waals surface area contributed by atoms with E-state index < -0.39 is 4.92 Å². The summed E-state index contributed by atoms with van der Waals surface area (Å²) in [5.74, 6) is 1.26. The SMILES string of the molecule is CC1Cc2cc3c(cc2C(c2ccc([N+](=O)[O-])cc2)=NN1C(=S)NC(=O)NC1CC1)OCO3. The van der Waals surface area contributed by atoms with E-state index in [2.05, 4.69) is 10.6 Å². The van der Waals surface area contributed by atoms with Crippen molar-refractivity contribution in [3.63, 3.8) is 0 Å². The van der Waals surface area contributed by atoms with E-state index in [0.717, 1.165) is 24.0 Å². The second-order valence-corrected chi connectivity index (χ2v) is 8.58. The number of nitro groups is 1. The van der Waals surface area contributed by atoms with Gasteiger partial charge in [0.1, 0.15) is 0 Å². The van der Waals surface area contributed by atoms with Gasteiger partial charge in [-0.15, -0.1) is 0 Å². The molecule has 0 spiro atoms. The quantitative estimate of drug-likeness (QED) is 0.405. The number of hydrogen-bond donors (Lipinski definition) is 2. The van der Waals surface area contributed by atoms with Gasteiger partial charge < -0.3 is 14.8 Å². The Hall–Kier alpha value is -3.73. The maximum atomic E-state index is 12.3. The lowest BCUT2D eigenvalue weighted by molar-refractivity contribution is -0.384. The van der Waals surface area contributed by atoms with Gasteiger partial charge in [-0.25, -0.2) is 9.80 Å². The van der Waals surface area contributed by atoms with Gasteiger partial charge >= 0.3 is 6.03 Å². The molecule has 1 saturated carbocycles. The van der Waals surface area contributed by atoms with Crippen LogP contribution >= 0.6 is 12.2 Å². The lowest BCUT2D eigenvalue weighted by atomic mass is 9.94. The van der Waals surface area contributed by atoms with Crippen LogP contribution < -0.4 is 20.1 Å². The van der Waals surface area contributed by atoms with Crippen molar-refractivity contribution in [3.8, 4) is 11.5 Å². The van der Waals surface area contributed by atoms with Crippen molar-refractivity contribution in [2.45, 2.75) is 38.3 Å². The normalized spacial score (nSPS) is 18.6. The highest BCUT2D eigenvalue weighted by Gasteiger charge is 2.30. The van der Waals surface area contributed by atoms with Crippen molar-refractivity contribution in [1.82, 2.24) is 15.6 Å². The van der Waals surface area contributed by atoms with Gasteiger partial charge in [-0.1, -0.05) is 0 Å².